The summed E-state index contributed by atoms with van der Waals surface area (Å²) in [6, 6.07) is 14.2. The predicted octanol–water partition coefficient (Wildman–Crippen LogP) is 4.34. The zero-order valence-electron chi connectivity index (χ0n) is 19.3. The first kappa shape index (κ1) is 24.6. The molecule has 0 fully saturated rings. The summed E-state index contributed by atoms with van der Waals surface area (Å²) in [4.78, 5) is 38.1. The van der Waals surface area contributed by atoms with Gasteiger partial charge in [-0.2, -0.15) is 0 Å². The van der Waals surface area contributed by atoms with E-state index < -0.39 is 18.5 Å². The average Bonchev–Trinajstić information content (AvgIpc) is 3.39. The molecule has 0 aliphatic carbocycles. The molecule has 178 valence electrons. The fourth-order valence-electron chi connectivity index (χ4n) is 3.31. The van der Waals surface area contributed by atoms with Gasteiger partial charge in [-0.3, -0.25) is 9.59 Å². The lowest BCUT2D eigenvalue weighted by atomic mass is 9.98. The van der Waals surface area contributed by atoms with E-state index >= 15 is 0 Å². The Hall–Kier alpha value is -4.07. The molecule has 0 radical (unpaired) electrons. The Morgan fingerprint density at radius 2 is 1.62 bits per heavy atom. The van der Waals surface area contributed by atoms with E-state index in [4.69, 9.17) is 18.6 Å². The third kappa shape index (κ3) is 6.04. The molecule has 0 aliphatic heterocycles. The molecule has 1 amide bonds. The molecule has 8 nitrogen and oxygen atoms in total. The number of ether oxygens (including phenoxy) is 3. The standard InChI is InChI=1S/C26H27NO7/c1-4-31-22-13-12-18(15-23(22)32-5-2)25(29)19-9-6-7-10-20(19)26(30)34-16-24(28)27-17(3)21-11-8-14-33-21/h6-15,17H,4-5,16H2,1-3H3,(H,27,28). The van der Waals surface area contributed by atoms with Crippen LogP contribution in [0.4, 0.5) is 0 Å². The Morgan fingerprint density at radius 3 is 2.29 bits per heavy atom. The highest BCUT2D eigenvalue weighted by atomic mass is 16.5. The molecule has 3 aromatic rings. The van der Waals surface area contributed by atoms with Gasteiger partial charge in [0.1, 0.15) is 5.76 Å². The van der Waals surface area contributed by atoms with Crippen molar-refractivity contribution in [3.63, 3.8) is 0 Å². The number of hydrogen-bond donors (Lipinski definition) is 1. The van der Waals surface area contributed by atoms with E-state index in [0.29, 0.717) is 36.0 Å². The van der Waals surface area contributed by atoms with Crippen LogP contribution in [0.15, 0.2) is 65.3 Å². The minimum absolute atomic E-state index is 0.0613. The van der Waals surface area contributed by atoms with Crippen LogP contribution in [-0.4, -0.2) is 37.5 Å². The molecular weight excluding hydrogens is 438 g/mol. The molecule has 0 saturated carbocycles. The summed E-state index contributed by atoms with van der Waals surface area (Å²) in [5, 5.41) is 2.68. The SMILES string of the molecule is CCOc1ccc(C(=O)c2ccccc2C(=O)OCC(=O)NC(C)c2ccco2)cc1OCC. The van der Waals surface area contributed by atoms with E-state index in [1.165, 1.54) is 18.4 Å². The minimum Gasteiger partial charge on any atom is -0.490 e. The van der Waals surface area contributed by atoms with Crippen LogP contribution in [0, 0.1) is 0 Å². The Morgan fingerprint density at radius 1 is 0.912 bits per heavy atom. The van der Waals surface area contributed by atoms with E-state index in [1.54, 1.807) is 49.4 Å². The number of nitrogens with one attached hydrogen (secondary N) is 1. The normalized spacial score (nSPS) is 11.4. The largest absolute Gasteiger partial charge is 0.490 e. The van der Waals surface area contributed by atoms with Gasteiger partial charge in [-0.25, -0.2) is 4.79 Å². The summed E-state index contributed by atoms with van der Waals surface area (Å²) >= 11 is 0. The Kier molecular flexibility index (Phi) is 8.45. The predicted molar refractivity (Wildman–Crippen MR) is 124 cm³/mol. The van der Waals surface area contributed by atoms with Crippen LogP contribution in [0.2, 0.25) is 0 Å². The third-order valence-corrected chi connectivity index (χ3v) is 4.88. The minimum atomic E-state index is -0.777. The molecule has 1 heterocycles. The first-order valence-corrected chi connectivity index (χ1v) is 11.0. The number of ketones is 1. The van der Waals surface area contributed by atoms with Gasteiger partial charge in [-0.15, -0.1) is 0 Å². The van der Waals surface area contributed by atoms with Gasteiger partial charge in [0.05, 0.1) is 31.1 Å². The molecule has 1 atom stereocenters. The highest BCUT2D eigenvalue weighted by Gasteiger charge is 2.22. The van der Waals surface area contributed by atoms with Gasteiger partial charge in [-0.05, 0) is 57.2 Å². The van der Waals surface area contributed by atoms with Crippen molar-refractivity contribution < 1.29 is 33.0 Å². The summed E-state index contributed by atoms with van der Waals surface area (Å²) < 4.78 is 21.6. The van der Waals surface area contributed by atoms with Crippen molar-refractivity contribution in [3.05, 3.63) is 83.3 Å². The van der Waals surface area contributed by atoms with Crippen LogP contribution in [0.25, 0.3) is 0 Å². The van der Waals surface area contributed by atoms with Gasteiger partial charge in [-0.1, -0.05) is 18.2 Å². The van der Waals surface area contributed by atoms with E-state index in [-0.39, 0.29) is 23.0 Å². The Labute approximate surface area is 197 Å². The second-order valence-corrected chi connectivity index (χ2v) is 7.28. The van der Waals surface area contributed by atoms with Crippen LogP contribution in [-0.2, 0) is 9.53 Å². The second-order valence-electron chi connectivity index (χ2n) is 7.28. The lowest BCUT2D eigenvalue weighted by Crippen LogP contribution is -2.31. The number of benzene rings is 2. The smallest absolute Gasteiger partial charge is 0.339 e. The van der Waals surface area contributed by atoms with Crippen LogP contribution >= 0.6 is 0 Å². The summed E-state index contributed by atoms with van der Waals surface area (Å²) in [7, 11) is 0. The molecule has 3 rings (SSSR count). The monoisotopic (exact) mass is 465 g/mol. The fraction of sp³-hybridized carbons (Fsp3) is 0.269. The van der Waals surface area contributed by atoms with Crippen molar-refractivity contribution in [3.8, 4) is 11.5 Å². The third-order valence-electron chi connectivity index (χ3n) is 4.88. The van der Waals surface area contributed by atoms with E-state index in [1.807, 2.05) is 13.8 Å². The average molecular weight is 466 g/mol. The first-order valence-electron chi connectivity index (χ1n) is 11.0. The summed E-state index contributed by atoms with van der Waals surface area (Å²) in [5.41, 5.74) is 0.548. The quantitative estimate of drug-likeness (QED) is 0.332. The maximum Gasteiger partial charge on any atom is 0.339 e. The Balaban J connectivity index is 1.72. The van der Waals surface area contributed by atoms with Gasteiger partial charge in [0.25, 0.3) is 5.91 Å². The van der Waals surface area contributed by atoms with E-state index in [9.17, 15) is 14.4 Å². The van der Waals surface area contributed by atoms with E-state index in [0.717, 1.165) is 0 Å². The van der Waals surface area contributed by atoms with Crippen molar-refractivity contribution in [1.82, 2.24) is 5.32 Å². The van der Waals surface area contributed by atoms with Crippen molar-refractivity contribution >= 4 is 17.7 Å². The number of carbonyl (C=O) groups is 3. The van der Waals surface area contributed by atoms with Gasteiger partial charge in [0.2, 0.25) is 0 Å². The second kappa shape index (κ2) is 11.7. The number of hydrogen-bond acceptors (Lipinski definition) is 7. The van der Waals surface area contributed by atoms with Crippen molar-refractivity contribution in [1.29, 1.82) is 0 Å². The van der Waals surface area contributed by atoms with Crippen LogP contribution in [0.5, 0.6) is 11.5 Å². The molecule has 1 aromatic heterocycles. The van der Waals surface area contributed by atoms with Crippen molar-refractivity contribution in [2.45, 2.75) is 26.8 Å². The van der Waals surface area contributed by atoms with Crippen molar-refractivity contribution in [2.75, 3.05) is 19.8 Å². The van der Waals surface area contributed by atoms with Gasteiger partial charge in [0.15, 0.2) is 23.9 Å². The van der Waals surface area contributed by atoms with Crippen LogP contribution in [0.3, 0.4) is 0 Å². The lowest BCUT2D eigenvalue weighted by molar-refractivity contribution is -0.125. The first-order chi connectivity index (χ1) is 16.4. The molecule has 0 saturated heterocycles. The lowest BCUT2D eigenvalue weighted by Gasteiger charge is -2.14. The molecule has 34 heavy (non-hydrogen) atoms. The van der Waals surface area contributed by atoms with Crippen LogP contribution in [0.1, 0.15) is 58.9 Å². The topological polar surface area (TPSA) is 104 Å². The molecule has 8 heteroatoms. The number of amides is 1. The van der Waals surface area contributed by atoms with Gasteiger partial charge < -0.3 is 23.9 Å². The molecule has 2 aromatic carbocycles. The molecule has 0 aliphatic rings. The summed E-state index contributed by atoms with van der Waals surface area (Å²) in [5.74, 6) is -0.0968. The van der Waals surface area contributed by atoms with Crippen LogP contribution < -0.4 is 14.8 Å². The number of esters is 1. The molecule has 1 unspecified atom stereocenters. The Bertz CT molecular complexity index is 1140. The molecule has 0 bridgehead atoms. The maximum absolute atomic E-state index is 13.2. The zero-order chi connectivity index (χ0) is 24.5. The van der Waals surface area contributed by atoms with Gasteiger partial charge in [0, 0.05) is 11.1 Å². The fourth-order valence-corrected chi connectivity index (χ4v) is 3.31. The van der Waals surface area contributed by atoms with Crippen molar-refractivity contribution in [2.24, 2.45) is 0 Å². The zero-order valence-corrected chi connectivity index (χ0v) is 19.3. The van der Waals surface area contributed by atoms with E-state index in [2.05, 4.69) is 5.32 Å². The summed E-state index contributed by atoms with van der Waals surface area (Å²) in [6.45, 7) is 5.80. The summed E-state index contributed by atoms with van der Waals surface area (Å²) in [6.07, 6.45) is 1.51. The molecular formula is C26H27NO7. The molecule has 0 spiro atoms. The maximum atomic E-state index is 13.2. The highest BCUT2D eigenvalue weighted by molar-refractivity contribution is 6.14. The number of carbonyl (C=O) groups excluding carboxylic acids is 3. The highest BCUT2D eigenvalue weighted by Crippen LogP contribution is 2.30. The number of rotatable bonds is 11. The van der Waals surface area contributed by atoms with Gasteiger partial charge >= 0.3 is 5.97 Å². The molecule has 1 N–H and O–H groups in total. The number of furan rings is 1.